The average molecular weight is 316 g/mol. The molecule has 4 heteroatoms. The number of benzene rings is 1. The van der Waals surface area contributed by atoms with Crippen molar-refractivity contribution >= 4 is 31.9 Å². The summed E-state index contributed by atoms with van der Waals surface area (Å²) in [6, 6.07) is 10.1. The number of aryl methyl sites for hydroxylation is 1. The Morgan fingerprint density at radius 1 is 1.21 bits per heavy atom. The molecule has 2 aromatic rings. The second kappa shape index (κ2) is 3.87. The van der Waals surface area contributed by atoms with Gasteiger partial charge in [0.25, 0.3) is 0 Å². The van der Waals surface area contributed by atoms with Crippen molar-refractivity contribution in [1.29, 1.82) is 0 Å². The van der Waals surface area contributed by atoms with Crippen LogP contribution in [0.5, 0.6) is 0 Å². The van der Waals surface area contributed by atoms with Gasteiger partial charge in [0.2, 0.25) is 0 Å². The molecule has 0 spiro atoms. The molecule has 0 N–H and O–H groups in total. The normalized spacial score (nSPS) is 10.5. The van der Waals surface area contributed by atoms with Crippen molar-refractivity contribution in [2.75, 3.05) is 0 Å². The molecule has 0 aliphatic heterocycles. The lowest BCUT2D eigenvalue weighted by Crippen LogP contribution is -1.89. The van der Waals surface area contributed by atoms with Crippen LogP contribution in [0.25, 0.3) is 11.3 Å². The average Bonchev–Trinajstić information content (AvgIpc) is 2.47. The minimum Gasteiger partial charge on any atom is -0.261 e. The van der Waals surface area contributed by atoms with Crippen LogP contribution in [0.2, 0.25) is 0 Å². The van der Waals surface area contributed by atoms with Crippen LogP contribution in [0.15, 0.2) is 39.4 Å². The number of hydrogen-bond donors (Lipinski definition) is 0. The summed E-state index contributed by atoms with van der Waals surface area (Å²) in [5, 5.41) is 4.37. The van der Waals surface area contributed by atoms with Crippen molar-refractivity contribution in [1.82, 2.24) is 9.78 Å². The Morgan fingerprint density at radius 3 is 2.57 bits per heavy atom. The van der Waals surface area contributed by atoms with Crippen LogP contribution >= 0.6 is 31.9 Å². The van der Waals surface area contributed by atoms with E-state index in [0.717, 1.165) is 20.3 Å². The Morgan fingerprint density at radius 2 is 2.00 bits per heavy atom. The highest BCUT2D eigenvalue weighted by atomic mass is 79.9. The first kappa shape index (κ1) is 9.93. The maximum Gasteiger partial charge on any atom is 0.104 e. The van der Waals surface area contributed by atoms with Crippen molar-refractivity contribution < 1.29 is 0 Å². The zero-order valence-electron chi connectivity index (χ0n) is 7.54. The molecule has 0 aliphatic carbocycles. The Labute approximate surface area is 99.2 Å². The molecule has 2 nitrogen and oxygen atoms in total. The fraction of sp³-hybridized carbons (Fsp3) is 0.100. The summed E-state index contributed by atoms with van der Waals surface area (Å²) in [6.07, 6.45) is 0. The largest absolute Gasteiger partial charge is 0.261 e. The van der Waals surface area contributed by atoms with Gasteiger partial charge in [0.15, 0.2) is 0 Å². The van der Waals surface area contributed by atoms with E-state index in [1.54, 1.807) is 4.68 Å². The molecule has 2 rings (SSSR count). The van der Waals surface area contributed by atoms with Crippen LogP contribution in [0.3, 0.4) is 0 Å². The van der Waals surface area contributed by atoms with E-state index in [1.165, 1.54) is 0 Å². The van der Waals surface area contributed by atoms with Gasteiger partial charge in [0, 0.05) is 17.1 Å². The lowest BCUT2D eigenvalue weighted by Gasteiger charge is -1.96. The molecular formula is C10H8Br2N2. The number of nitrogens with zero attached hydrogens (tertiary/aromatic N) is 2. The lowest BCUT2D eigenvalue weighted by atomic mass is 10.2. The fourth-order valence-corrected chi connectivity index (χ4v) is 1.93. The highest BCUT2D eigenvalue weighted by Gasteiger charge is 2.04. The second-order valence-corrected chi connectivity index (χ2v) is 4.71. The van der Waals surface area contributed by atoms with Gasteiger partial charge in [-0.25, -0.2) is 0 Å². The van der Waals surface area contributed by atoms with E-state index in [1.807, 2.05) is 31.3 Å². The molecule has 0 amide bonds. The molecule has 0 unspecified atom stereocenters. The standard InChI is InChI=1S/C10H8Br2N2/c1-14-10(12)6-9(13-14)7-3-2-4-8(11)5-7/h2-6H,1H3. The predicted molar refractivity (Wildman–Crippen MR) is 64.0 cm³/mol. The zero-order chi connectivity index (χ0) is 10.1. The van der Waals surface area contributed by atoms with Crippen LogP contribution in [-0.2, 0) is 7.05 Å². The monoisotopic (exact) mass is 314 g/mol. The van der Waals surface area contributed by atoms with Gasteiger partial charge in [-0.2, -0.15) is 5.10 Å². The van der Waals surface area contributed by atoms with E-state index in [2.05, 4.69) is 43.0 Å². The number of rotatable bonds is 1. The third kappa shape index (κ3) is 1.91. The summed E-state index contributed by atoms with van der Waals surface area (Å²) in [4.78, 5) is 0. The summed E-state index contributed by atoms with van der Waals surface area (Å²) < 4.78 is 3.85. The summed E-state index contributed by atoms with van der Waals surface area (Å²) in [5.41, 5.74) is 2.08. The summed E-state index contributed by atoms with van der Waals surface area (Å²) in [5.74, 6) is 0. The van der Waals surface area contributed by atoms with Crippen molar-refractivity contribution in [3.05, 3.63) is 39.4 Å². The van der Waals surface area contributed by atoms with Crippen molar-refractivity contribution in [2.24, 2.45) is 7.05 Å². The van der Waals surface area contributed by atoms with Gasteiger partial charge in [-0.3, -0.25) is 4.68 Å². The van der Waals surface area contributed by atoms with Crippen LogP contribution in [0.4, 0.5) is 0 Å². The van der Waals surface area contributed by atoms with Crippen molar-refractivity contribution in [2.45, 2.75) is 0 Å². The van der Waals surface area contributed by atoms with E-state index < -0.39 is 0 Å². The second-order valence-electron chi connectivity index (χ2n) is 2.99. The van der Waals surface area contributed by atoms with Gasteiger partial charge in [0.1, 0.15) is 4.60 Å². The molecule has 0 fully saturated rings. The number of hydrogen-bond acceptors (Lipinski definition) is 1. The van der Waals surface area contributed by atoms with E-state index >= 15 is 0 Å². The Kier molecular flexibility index (Phi) is 2.74. The lowest BCUT2D eigenvalue weighted by molar-refractivity contribution is 0.752. The first-order chi connectivity index (χ1) is 6.66. The van der Waals surface area contributed by atoms with Crippen molar-refractivity contribution in [3.63, 3.8) is 0 Å². The quantitative estimate of drug-likeness (QED) is 0.786. The molecule has 1 aromatic heterocycles. The molecule has 1 aromatic carbocycles. The Bertz CT molecular complexity index is 443. The van der Waals surface area contributed by atoms with E-state index in [9.17, 15) is 0 Å². The van der Waals surface area contributed by atoms with Crippen LogP contribution in [0, 0.1) is 0 Å². The van der Waals surface area contributed by atoms with Crippen LogP contribution in [-0.4, -0.2) is 9.78 Å². The topological polar surface area (TPSA) is 17.8 Å². The Balaban J connectivity index is 2.49. The minimum atomic E-state index is 0.973. The van der Waals surface area contributed by atoms with Gasteiger partial charge >= 0.3 is 0 Å². The Hall–Kier alpha value is -0.610. The number of halogens is 2. The first-order valence-corrected chi connectivity index (χ1v) is 5.71. The molecule has 0 saturated carbocycles. The summed E-state index contributed by atoms with van der Waals surface area (Å²) in [7, 11) is 1.91. The van der Waals surface area contributed by atoms with Gasteiger partial charge in [-0.1, -0.05) is 28.1 Å². The molecule has 14 heavy (non-hydrogen) atoms. The third-order valence-corrected chi connectivity index (χ3v) is 3.18. The van der Waals surface area contributed by atoms with E-state index in [0.29, 0.717) is 0 Å². The molecule has 0 aliphatic rings. The predicted octanol–water partition coefficient (Wildman–Crippen LogP) is 3.61. The summed E-state index contributed by atoms with van der Waals surface area (Å²) in [6.45, 7) is 0. The summed E-state index contributed by atoms with van der Waals surface area (Å²) >= 11 is 6.86. The number of aromatic nitrogens is 2. The van der Waals surface area contributed by atoms with Crippen LogP contribution < -0.4 is 0 Å². The van der Waals surface area contributed by atoms with Crippen LogP contribution in [0.1, 0.15) is 0 Å². The molecule has 0 saturated heterocycles. The van der Waals surface area contributed by atoms with Crippen molar-refractivity contribution in [3.8, 4) is 11.3 Å². The molecule has 0 radical (unpaired) electrons. The highest BCUT2D eigenvalue weighted by molar-refractivity contribution is 9.10. The smallest absolute Gasteiger partial charge is 0.104 e. The van der Waals surface area contributed by atoms with Gasteiger partial charge < -0.3 is 0 Å². The van der Waals surface area contributed by atoms with Gasteiger partial charge in [-0.15, -0.1) is 0 Å². The molecule has 0 bridgehead atoms. The SMILES string of the molecule is Cn1nc(-c2cccc(Br)c2)cc1Br. The molecule has 72 valence electrons. The minimum absolute atomic E-state index is 0.973. The van der Waals surface area contributed by atoms with Gasteiger partial charge in [-0.05, 0) is 34.1 Å². The highest BCUT2D eigenvalue weighted by Crippen LogP contribution is 2.24. The third-order valence-electron chi connectivity index (χ3n) is 1.94. The zero-order valence-corrected chi connectivity index (χ0v) is 10.7. The maximum atomic E-state index is 4.37. The molecular weight excluding hydrogens is 308 g/mol. The van der Waals surface area contributed by atoms with E-state index in [4.69, 9.17) is 0 Å². The molecule has 1 heterocycles. The first-order valence-electron chi connectivity index (χ1n) is 4.12. The van der Waals surface area contributed by atoms with Gasteiger partial charge in [0.05, 0.1) is 5.69 Å². The molecule has 0 atom stereocenters. The van der Waals surface area contributed by atoms with E-state index in [-0.39, 0.29) is 0 Å². The fourth-order valence-electron chi connectivity index (χ4n) is 1.23. The maximum absolute atomic E-state index is 4.37.